The Hall–Kier alpha value is -2.40. The second kappa shape index (κ2) is 3.88. The molecule has 3 rings (SSSR count). The van der Waals surface area contributed by atoms with Crippen molar-refractivity contribution in [2.45, 2.75) is 0 Å². The van der Waals surface area contributed by atoms with Gasteiger partial charge in [0.1, 0.15) is 11.3 Å². The Balaban J connectivity index is 2.18. The zero-order valence-electron chi connectivity index (χ0n) is 8.87. The minimum absolute atomic E-state index is 0.118. The maximum atomic E-state index is 11.6. The molecule has 0 atom stereocenters. The molecule has 0 bridgehead atoms. The van der Waals surface area contributed by atoms with Crippen LogP contribution in [0.15, 0.2) is 47.8 Å². The molecule has 17 heavy (non-hydrogen) atoms. The third-order valence-electron chi connectivity index (χ3n) is 2.52. The molecular weight excluding hydrogens is 216 g/mol. The van der Waals surface area contributed by atoms with Gasteiger partial charge in [-0.3, -0.25) is 9.97 Å². The standard InChI is InChI=1S/C12H8N4O/c17-12-8-4-3-7-14-10(8)11(15-16-12)9-5-1-2-6-13-9/h1-7H,(H,16,17)/p+1. The average Bonchev–Trinajstić information content (AvgIpc) is 2.41. The number of carbonyl (C=O) groups excluding carboxylic acids is 1. The Morgan fingerprint density at radius 3 is 2.71 bits per heavy atom. The first-order valence-corrected chi connectivity index (χ1v) is 5.18. The topological polar surface area (TPSA) is 71.8 Å². The van der Waals surface area contributed by atoms with Crippen LogP contribution in [0.1, 0.15) is 21.7 Å². The number of fused-ring (bicyclic) bond motifs is 1. The maximum absolute atomic E-state index is 11.6. The second-order valence-corrected chi connectivity index (χ2v) is 3.59. The fraction of sp³-hybridized carbons (Fsp3) is 0. The fourth-order valence-electron chi connectivity index (χ4n) is 1.74. The van der Waals surface area contributed by atoms with E-state index in [0.717, 1.165) is 5.69 Å². The van der Waals surface area contributed by atoms with Crippen LogP contribution in [0.3, 0.4) is 0 Å². The summed E-state index contributed by atoms with van der Waals surface area (Å²) in [5.74, 6) is -0.118. The van der Waals surface area contributed by atoms with Gasteiger partial charge in [-0.25, -0.2) is 4.79 Å². The highest BCUT2D eigenvalue weighted by Crippen LogP contribution is 2.12. The van der Waals surface area contributed by atoms with Gasteiger partial charge in [0.25, 0.3) is 0 Å². The summed E-state index contributed by atoms with van der Waals surface area (Å²) in [5, 5.41) is 4.14. The molecule has 1 aliphatic heterocycles. The molecule has 5 nitrogen and oxygen atoms in total. The van der Waals surface area contributed by atoms with E-state index in [0.29, 0.717) is 17.0 Å². The lowest BCUT2D eigenvalue weighted by Crippen LogP contribution is -2.84. The van der Waals surface area contributed by atoms with E-state index in [-0.39, 0.29) is 5.91 Å². The van der Waals surface area contributed by atoms with E-state index in [4.69, 9.17) is 0 Å². The Morgan fingerprint density at radius 1 is 1.00 bits per heavy atom. The van der Waals surface area contributed by atoms with Gasteiger partial charge in [-0.2, -0.15) is 5.43 Å². The van der Waals surface area contributed by atoms with Gasteiger partial charge in [0.15, 0.2) is 5.71 Å². The predicted octanol–water partition coefficient (Wildman–Crippen LogP) is -0.0538. The van der Waals surface area contributed by atoms with Gasteiger partial charge in [0.05, 0.1) is 5.69 Å². The zero-order chi connectivity index (χ0) is 11.7. The third-order valence-corrected chi connectivity index (χ3v) is 2.52. The molecule has 82 valence electrons. The van der Waals surface area contributed by atoms with Crippen LogP contribution in [-0.4, -0.2) is 21.6 Å². The normalized spacial score (nSPS) is 14.1. The summed E-state index contributed by atoms with van der Waals surface area (Å²) in [6.45, 7) is 0. The SMILES string of the molecule is O=C1[NH2+]N=C(c2ccccn2)c2ncccc21. The van der Waals surface area contributed by atoms with Gasteiger partial charge in [0.2, 0.25) is 0 Å². The van der Waals surface area contributed by atoms with Gasteiger partial charge in [-0.15, -0.1) is 0 Å². The van der Waals surface area contributed by atoms with Crippen LogP contribution in [0.5, 0.6) is 0 Å². The number of aromatic nitrogens is 2. The summed E-state index contributed by atoms with van der Waals surface area (Å²) in [6.07, 6.45) is 3.34. The van der Waals surface area contributed by atoms with Crippen molar-refractivity contribution in [3.63, 3.8) is 0 Å². The Bertz CT molecular complexity index is 607. The van der Waals surface area contributed by atoms with Crippen molar-refractivity contribution in [1.29, 1.82) is 0 Å². The van der Waals surface area contributed by atoms with E-state index in [1.165, 1.54) is 5.43 Å². The van der Waals surface area contributed by atoms with Crippen molar-refractivity contribution in [1.82, 2.24) is 9.97 Å². The first-order valence-electron chi connectivity index (χ1n) is 5.18. The van der Waals surface area contributed by atoms with E-state index in [9.17, 15) is 4.79 Å². The molecule has 1 aliphatic rings. The molecule has 0 aromatic carbocycles. The van der Waals surface area contributed by atoms with Crippen molar-refractivity contribution in [3.05, 3.63) is 59.7 Å². The highest BCUT2D eigenvalue weighted by Gasteiger charge is 2.27. The van der Waals surface area contributed by atoms with Crippen molar-refractivity contribution in [2.24, 2.45) is 5.10 Å². The molecule has 2 aromatic heterocycles. The lowest BCUT2D eigenvalue weighted by molar-refractivity contribution is -0.561. The first kappa shape index (κ1) is 9.80. The van der Waals surface area contributed by atoms with Gasteiger partial charge < -0.3 is 0 Å². The molecule has 2 N–H and O–H groups in total. The fourth-order valence-corrected chi connectivity index (χ4v) is 1.74. The van der Waals surface area contributed by atoms with Crippen LogP contribution in [0.4, 0.5) is 0 Å². The van der Waals surface area contributed by atoms with E-state index in [2.05, 4.69) is 15.1 Å². The summed E-state index contributed by atoms with van der Waals surface area (Å²) in [4.78, 5) is 20.1. The summed E-state index contributed by atoms with van der Waals surface area (Å²) in [5.41, 5.74) is 3.84. The van der Waals surface area contributed by atoms with Crippen molar-refractivity contribution in [3.8, 4) is 0 Å². The number of rotatable bonds is 1. The molecule has 5 heteroatoms. The Kier molecular flexibility index (Phi) is 2.23. The van der Waals surface area contributed by atoms with E-state index >= 15 is 0 Å². The largest absolute Gasteiger partial charge is 0.370 e. The quantitative estimate of drug-likeness (QED) is 0.691. The number of nitrogens with zero attached hydrogens (tertiary/aromatic N) is 3. The second-order valence-electron chi connectivity index (χ2n) is 3.59. The summed E-state index contributed by atoms with van der Waals surface area (Å²) < 4.78 is 0. The monoisotopic (exact) mass is 225 g/mol. The molecule has 0 unspecified atom stereocenters. The van der Waals surface area contributed by atoms with Crippen LogP contribution >= 0.6 is 0 Å². The molecule has 0 fully saturated rings. The number of hydrogen-bond acceptors (Lipinski definition) is 4. The first-order chi connectivity index (χ1) is 8.36. The number of nitrogens with two attached hydrogens (primary N) is 1. The molecule has 0 spiro atoms. The third kappa shape index (κ3) is 1.62. The summed E-state index contributed by atoms with van der Waals surface area (Å²) in [6, 6.07) is 9.05. The van der Waals surface area contributed by atoms with E-state index < -0.39 is 0 Å². The maximum Gasteiger partial charge on any atom is 0.370 e. The van der Waals surface area contributed by atoms with E-state index in [1.807, 2.05) is 18.2 Å². The highest BCUT2D eigenvalue weighted by atomic mass is 16.2. The number of carbonyl (C=O) groups is 1. The van der Waals surface area contributed by atoms with Crippen LogP contribution in [0, 0.1) is 0 Å². The Labute approximate surface area is 97.2 Å². The van der Waals surface area contributed by atoms with Crippen LogP contribution in [0.25, 0.3) is 0 Å². The minimum Gasteiger partial charge on any atom is -0.254 e. The number of primary amides is 1. The molecule has 3 heterocycles. The van der Waals surface area contributed by atoms with Crippen LogP contribution < -0.4 is 5.43 Å². The number of pyridine rings is 2. The Morgan fingerprint density at radius 2 is 1.88 bits per heavy atom. The lowest BCUT2D eigenvalue weighted by atomic mass is 10.1. The number of hydrogen-bond donors (Lipinski definition) is 1. The molecule has 0 saturated heterocycles. The molecule has 0 saturated carbocycles. The predicted molar refractivity (Wildman–Crippen MR) is 60.4 cm³/mol. The van der Waals surface area contributed by atoms with Crippen molar-refractivity contribution < 1.29 is 10.2 Å². The van der Waals surface area contributed by atoms with Crippen LogP contribution in [-0.2, 0) is 0 Å². The molecule has 2 aromatic rings. The van der Waals surface area contributed by atoms with E-state index in [1.54, 1.807) is 24.5 Å². The van der Waals surface area contributed by atoms with Crippen molar-refractivity contribution >= 4 is 11.6 Å². The summed E-state index contributed by atoms with van der Waals surface area (Å²) in [7, 11) is 0. The van der Waals surface area contributed by atoms with Crippen molar-refractivity contribution in [2.75, 3.05) is 0 Å². The van der Waals surface area contributed by atoms with Gasteiger partial charge >= 0.3 is 5.91 Å². The van der Waals surface area contributed by atoms with Gasteiger partial charge in [0, 0.05) is 12.4 Å². The smallest absolute Gasteiger partial charge is 0.254 e. The van der Waals surface area contributed by atoms with Gasteiger partial charge in [-0.1, -0.05) is 11.2 Å². The minimum atomic E-state index is -0.118. The van der Waals surface area contributed by atoms with Crippen LogP contribution in [0.2, 0.25) is 0 Å². The molecule has 1 amide bonds. The number of amides is 1. The summed E-state index contributed by atoms with van der Waals surface area (Å²) >= 11 is 0. The molecule has 0 aliphatic carbocycles. The van der Waals surface area contributed by atoms with Gasteiger partial charge in [-0.05, 0) is 24.3 Å². The zero-order valence-corrected chi connectivity index (χ0v) is 8.87. The average molecular weight is 225 g/mol. The highest BCUT2D eigenvalue weighted by molar-refractivity contribution is 6.16. The lowest BCUT2D eigenvalue weighted by Gasteiger charge is -2.10. The molecule has 0 radical (unpaired) electrons. The molecular formula is C12H9N4O+. The number of quaternary nitrogens is 1.